The monoisotopic (exact) mass is 341 g/mol. The second-order valence-corrected chi connectivity index (χ2v) is 5.99. The number of nitro groups is 1. The third-order valence-electron chi connectivity index (χ3n) is 4.23. The number of carbonyl (C=O) groups excluding carboxylic acids is 1. The quantitative estimate of drug-likeness (QED) is 0.616. The molecule has 7 heteroatoms. The summed E-state index contributed by atoms with van der Waals surface area (Å²) in [4.78, 5) is 28.5. The van der Waals surface area contributed by atoms with E-state index in [-0.39, 0.29) is 24.1 Å². The van der Waals surface area contributed by atoms with E-state index in [2.05, 4.69) is 4.98 Å². The Hall–Kier alpha value is -2.96. The van der Waals surface area contributed by atoms with E-state index < -0.39 is 4.92 Å². The first kappa shape index (κ1) is 16.9. The number of amides is 1. The SMILES string of the molecule is O=C(Cc1ccc([N+](=O)[O-])cc1)N1CCC(Oc2cccnc2)CC1. The van der Waals surface area contributed by atoms with Crippen molar-refractivity contribution in [1.82, 2.24) is 9.88 Å². The molecule has 7 nitrogen and oxygen atoms in total. The summed E-state index contributed by atoms with van der Waals surface area (Å²) in [7, 11) is 0. The Morgan fingerprint density at radius 2 is 1.96 bits per heavy atom. The van der Waals surface area contributed by atoms with Gasteiger partial charge in [-0.3, -0.25) is 19.9 Å². The van der Waals surface area contributed by atoms with Crippen LogP contribution in [0, 0.1) is 10.1 Å². The summed E-state index contributed by atoms with van der Waals surface area (Å²) in [5.41, 5.74) is 0.814. The predicted octanol–water partition coefficient (Wildman–Crippen LogP) is 2.60. The Balaban J connectivity index is 1.49. The van der Waals surface area contributed by atoms with E-state index in [1.165, 1.54) is 12.1 Å². The van der Waals surface area contributed by atoms with Crippen LogP contribution in [0.4, 0.5) is 5.69 Å². The number of ether oxygens (including phenoxy) is 1. The first-order chi connectivity index (χ1) is 12.1. The number of pyridine rings is 1. The summed E-state index contributed by atoms with van der Waals surface area (Å²) in [6, 6.07) is 9.83. The third kappa shape index (κ3) is 4.53. The number of nitro benzene ring substituents is 1. The lowest BCUT2D eigenvalue weighted by Gasteiger charge is -2.32. The maximum Gasteiger partial charge on any atom is 0.269 e. The van der Waals surface area contributed by atoms with Crippen molar-refractivity contribution in [3.8, 4) is 5.75 Å². The third-order valence-corrected chi connectivity index (χ3v) is 4.23. The van der Waals surface area contributed by atoms with Crippen molar-refractivity contribution in [1.29, 1.82) is 0 Å². The molecule has 0 atom stereocenters. The van der Waals surface area contributed by atoms with Gasteiger partial charge in [-0.15, -0.1) is 0 Å². The number of likely N-dealkylation sites (tertiary alicyclic amines) is 1. The van der Waals surface area contributed by atoms with Crippen LogP contribution in [0.1, 0.15) is 18.4 Å². The molecule has 1 fully saturated rings. The van der Waals surface area contributed by atoms with E-state index >= 15 is 0 Å². The standard InChI is InChI=1S/C18H19N3O4/c22-18(12-14-3-5-15(6-4-14)21(23)24)20-10-7-16(8-11-20)25-17-2-1-9-19-13-17/h1-6,9,13,16H,7-8,10-12H2. The summed E-state index contributed by atoms with van der Waals surface area (Å²) in [6.07, 6.45) is 5.29. The molecule has 1 saturated heterocycles. The smallest absolute Gasteiger partial charge is 0.269 e. The van der Waals surface area contributed by atoms with E-state index in [1.807, 2.05) is 17.0 Å². The maximum atomic E-state index is 12.4. The first-order valence-electron chi connectivity index (χ1n) is 8.19. The highest BCUT2D eigenvalue weighted by Crippen LogP contribution is 2.19. The van der Waals surface area contributed by atoms with E-state index in [1.54, 1.807) is 24.5 Å². The van der Waals surface area contributed by atoms with E-state index in [4.69, 9.17) is 4.74 Å². The van der Waals surface area contributed by atoms with Gasteiger partial charge in [-0.25, -0.2) is 0 Å². The molecule has 0 radical (unpaired) electrons. The molecule has 0 spiro atoms. The Morgan fingerprint density at radius 3 is 2.56 bits per heavy atom. The minimum atomic E-state index is -0.446. The van der Waals surface area contributed by atoms with Gasteiger partial charge in [0.15, 0.2) is 0 Å². The number of piperidine rings is 1. The second-order valence-electron chi connectivity index (χ2n) is 5.99. The molecule has 130 valence electrons. The zero-order chi connectivity index (χ0) is 17.6. The largest absolute Gasteiger partial charge is 0.489 e. The molecule has 0 N–H and O–H groups in total. The number of rotatable bonds is 5. The van der Waals surface area contributed by atoms with Crippen LogP contribution in [0.3, 0.4) is 0 Å². The molecule has 25 heavy (non-hydrogen) atoms. The van der Waals surface area contributed by atoms with Gasteiger partial charge in [0, 0.05) is 44.3 Å². The van der Waals surface area contributed by atoms with Crippen molar-refractivity contribution in [3.63, 3.8) is 0 Å². The molecule has 3 rings (SSSR count). The molecule has 2 aromatic rings. The Kier molecular flexibility index (Phi) is 5.23. The molecule has 1 aliphatic rings. The predicted molar refractivity (Wildman–Crippen MR) is 91.3 cm³/mol. The van der Waals surface area contributed by atoms with Gasteiger partial charge in [0.2, 0.25) is 5.91 Å². The number of hydrogen-bond acceptors (Lipinski definition) is 5. The van der Waals surface area contributed by atoms with Crippen LogP contribution >= 0.6 is 0 Å². The number of nitrogens with zero attached hydrogens (tertiary/aromatic N) is 3. The summed E-state index contributed by atoms with van der Waals surface area (Å²) < 4.78 is 5.87. The summed E-state index contributed by atoms with van der Waals surface area (Å²) in [5.74, 6) is 0.784. The van der Waals surface area contributed by atoms with Crippen molar-refractivity contribution in [3.05, 3.63) is 64.5 Å². The van der Waals surface area contributed by atoms with Crippen molar-refractivity contribution in [2.45, 2.75) is 25.4 Å². The Bertz CT molecular complexity index is 726. The van der Waals surface area contributed by atoms with Crippen LogP contribution < -0.4 is 4.74 Å². The number of aromatic nitrogens is 1. The lowest BCUT2D eigenvalue weighted by molar-refractivity contribution is -0.384. The molecule has 0 unspecified atom stereocenters. The Morgan fingerprint density at radius 1 is 1.24 bits per heavy atom. The van der Waals surface area contributed by atoms with Crippen molar-refractivity contribution >= 4 is 11.6 Å². The zero-order valence-electron chi connectivity index (χ0n) is 13.7. The van der Waals surface area contributed by atoms with Gasteiger partial charge >= 0.3 is 0 Å². The average molecular weight is 341 g/mol. The lowest BCUT2D eigenvalue weighted by atomic mass is 10.1. The first-order valence-corrected chi connectivity index (χ1v) is 8.19. The molecule has 0 aliphatic carbocycles. The highest BCUT2D eigenvalue weighted by Gasteiger charge is 2.24. The van der Waals surface area contributed by atoms with Crippen molar-refractivity contribution in [2.75, 3.05) is 13.1 Å². The van der Waals surface area contributed by atoms with Gasteiger partial charge in [-0.1, -0.05) is 12.1 Å². The molecular formula is C18H19N3O4. The molecule has 0 saturated carbocycles. The van der Waals surface area contributed by atoms with Crippen LogP contribution in [0.5, 0.6) is 5.75 Å². The average Bonchev–Trinajstić information content (AvgIpc) is 2.63. The number of non-ortho nitro benzene ring substituents is 1. The van der Waals surface area contributed by atoms with Crippen LogP contribution in [0.2, 0.25) is 0 Å². The molecular weight excluding hydrogens is 322 g/mol. The Labute approximate surface area is 145 Å². The molecule has 1 aromatic heterocycles. The minimum absolute atomic E-state index is 0.0320. The van der Waals surface area contributed by atoms with E-state index in [0.717, 1.165) is 24.2 Å². The van der Waals surface area contributed by atoms with Gasteiger partial charge in [0.25, 0.3) is 5.69 Å². The lowest BCUT2D eigenvalue weighted by Crippen LogP contribution is -2.42. The van der Waals surface area contributed by atoms with Crippen LogP contribution in [0.15, 0.2) is 48.8 Å². The normalized spacial score (nSPS) is 15.0. The topological polar surface area (TPSA) is 85.6 Å². The summed E-state index contributed by atoms with van der Waals surface area (Å²) >= 11 is 0. The summed E-state index contributed by atoms with van der Waals surface area (Å²) in [5, 5.41) is 10.7. The molecule has 1 aromatic carbocycles. The molecule has 0 bridgehead atoms. The number of hydrogen-bond donors (Lipinski definition) is 0. The van der Waals surface area contributed by atoms with Gasteiger partial charge in [-0.2, -0.15) is 0 Å². The van der Waals surface area contributed by atoms with Crippen LogP contribution in [-0.2, 0) is 11.2 Å². The second kappa shape index (κ2) is 7.74. The fourth-order valence-electron chi connectivity index (χ4n) is 2.85. The summed E-state index contributed by atoms with van der Waals surface area (Å²) in [6.45, 7) is 1.30. The zero-order valence-corrected chi connectivity index (χ0v) is 13.7. The van der Waals surface area contributed by atoms with Crippen molar-refractivity contribution in [2.24, 2.45) is 0 Å². The van der Waals surface area contributed by atoms with Crippen molar-refractivity contribution < 1.29 is 14.5 Å². The molecule has 1 aliphatic heterocycles. The van der Waals surface area contributed by atoms with Gasteiger partial charge < -0.3 is 9.64 Å². The fourth-order valence-corrected chi connectivity index (χ4v) is 2.85. The fraction of sp³-hybridized carbons (Fsp3) is 0.333. The molecule has 2 heterocycles. The van der Waals surface area contributed by atoms with Crippen LogP contribution in [-0.4, -0.2) is 39.9 Å². The highest BCUT2D eigenvalue weighted by atomic mass is 16.6. The number of carbonyl (C=O) groups is 1. The van der Waals surface area contributed by atoms with Gasteiger partial charge in [0.1, 0.15) is 11.9 Å². The molecule has 1 amide bonds. The highest BCUT2D eigenvalue weighted by molar-refractivity contribution is 5.79. The number of benzene rings is 1. The van der Waals surface area contributed by atoms with Crippen LogP contribution in [0.25, 0.3) is 0 Å². The minimum Gasteiger partial charge on any atom is -0.489 e. The maximum absolute atomic E-state index is 12.4. The van der Waals surface area contributed by atoms with E-state index in [0.29, 0.717) is 13.1 Å². The van der Waals surface area contributed by atoms with Gasteiger partial charge in [0.05, 0.1) is 17.5 Å². The van der Waals surface area contributed by atoms with E-state index in [9.17, 15) is 14.9 Å². The van der Waals surface area contributed by atoms with Gasteiger partial charge in [-0.05, 0) is 17.7 Å².